The number of amides is 1. The predicted molar refractivity (Wildman–Crippen MR) is 78.6 cm³/mol. The van der Waals surface area contributed by atoms with Gasteiger partial charge in [0.1, 0.15) is 24.3 Å². The van der Waals surface area contributed by atoms with E-state index in [1.54, 1.807) is 0 Å². The van der Waals surface area contributed by atoms with Crippen LogP contribution < -0.4 is 10.1 Å². The summed E-state index contributed by atoms with van der Waals surface area (Å²) in [5.74, 6) is -0.985. The number of nitrogens with one attached hydrogen (secondary N) is 1. The molecule has 0 radical (unpaired) electrons. The van der Waals surface area contributed by atoms with E-state index in [4.69, 9.17) is 9.84 Å². The van der Waals surface area contributed by atoms with Crippen molar-refractivity contribution in [2.45, 2.75) is 45.6 Å². The van der Waals surface area contributed by atoms with Crippen molar-refractivity contribution < 1.29 is 19.4 Å². The highest BCUT2D eigenvalue weighted by molar-refractivity contribution is 5.89. The quantitative estimate of drug-likeness (QED) is 0.871. The lowest BCUT2D eigenvalue weighted by molar-refractivity contribution is -0.142. The molecule has 0 saturated heterocycles. The molecular formula is C16H21NO4. The fraction of sp³-hybridized carbons (Fsp3) is 0.500. The molecule has 1 aliphatic rings. The highest BCUT2D eigenvalue weighted by atomic mass is 16.5. The number of aryl methyl sites for hydroxylation is 2. The van der Waals surface area contributed by atoms with E-state index in [1.165, 1.54) is 0 Å². The smallest absolute Gasteiger partial charge is 0.326 e. The van der Waals surface area contributed by atoms with Crippen LogP contribution in [0.4, 0.5) is 0 Å². The largest absolute Gasteiger partial charge is 0.492 e. The van der Waals surface area contributed by atoms with Crippen molar-refractivity contribution in [1.82, 2.24) is 5.32 Å². The second-order valence-electron chi connectivity index (χ2n) is 5.53. The van der Waals surface area contributed by atoms with Crippen molar-refractivity contribution in [2.24, 2.45) is 0 Å². The van der Waals surface area contributed by atoms with Crippen LogP contribution in [0.1, 0.15) is 42.4 Å². The first-order valence-electron chi connectivity index (χ1n) is 7.21. The lowest BCUT2D eigenvalue weighted by Crippen LogP contribution is -2.43. The summed E-state index contributed by atoms with van der Waals surface area (Å²) in [7, 11) is 0. The average Bonchev–Trinajstić information content (AvgIpc) is 2.81. The molecule has 21 heavy (non-hydrogen) atoms. The number of ether oxygens (including phenoxy) is 1. The van der Waals surface area contributed by atoms with Crippen LogP contribution in [-0.2, 0) is 9.59 Å². The third-order valence-electron chi connectivity index (χ3n) is 3.92. The van der Waals surface area contributed by atoms with E-state index in [0.717, 1.165) is 22.4 Å². The van der Waals surface area contributed by atoms with Crippen LogP contribution in [0.25, 0.3) is 0 Å². The molecule has 1 heterocycles. The van der Waals surface area contributed by atoms with Crippen molar-refractivity contribution in [2.75, 3.05) is 6.61 Å². The molecule has 0 fully saturated rings. The number of carbonyl (C=O) groups excluding carboxylic acids is 1. The molecule has 2 unspecified atom stereocenters. The van der Waals surface area contributed by atoms with Crippen LogP contribution in [0.5, 0.6) is 5.75 Å². The first-order valence-corrected chi connectivity index (χ1v) is 7.21. The van der Waals surface area contributed by atoms with Gasteiger partial charge < -0.3 is 15.2 Å². The van der Waals surface area contributed by atoms with E-state index in [-0.39, 0.29) is 12.5 Å². The SMILES string of the molecule is CCCC(NC(=O)C1COc2cc(C)c(C)cc21)C(=O)O. The van der Waals surface area contributed by atoms with Crippen molar-refractivity contribution in [3.05, 3.63) is 28.8 Å². The van der Waals surface area contributed by atoms with Gasteiger partial charge in [-0.1, -0.05) is 19.4 Å². The summed E-state index contributed by atoms with van der Waals surface area (Å²) in [6.07, 6.45) is 1.13. The van der Waals surface area contributed by atoms with Gasteiger partial charge in [-0.05, 0) is 37.5 Å². The van der Waals surface area contributed by atoms with E-state index in [0.29, 0.717) is 12.8 Å². The highest BCUT2D eigenvalue weighted by Gasteiger charge is 2.33. The summed E-state index contributed by atoms with van der Waals surface area (Å²) in [4.78, 5) is 23.5. The Morgan fingerprint density at radius 1 is 1.38 bits per heavy atom. The zero-order valence-corrected chi connectivity index (χ0v) is 12.6. The van der Waals surface area contributed by atoms with Crippen LogP contribution in [0.3, 0.4) is 0 Å². The number of hydrogen-bond acceptors (Lipinski definition) is 3. The van der Waals surface area contributed by atoms with Gasteiger partial charge in [0.05, 0.1) is 0 Å². The molecule has 1 aromatic rings. The summed E-state index contributed by atoms with van der Waals surface area (Å²) in [5, 5.41) is 11.7. The first-order chi connectivity index (χ1) is 9.93. The number of carboxylic acids is 1. The van der Waals surface area contributed by atoms with Gasteiger partial charge in [-0.25, -0.2) is 4.79 Å². The van der Waals surface area contributed by atoms with Crippen molar-refractivity contribution >= 4 is 11.9 Å². The Labute approximate surface area is 124 Å². The summed E-state index contributed by atoms with van der Waals surface area (Å²) in [6.45, 7) is 6.14. The molecule has 0 saturated carbocycles. The summed E-state index contributed by atoms with van der Waals surface area (Å²) >= 11 is 0. The molecule has 1 amide bonds. The molecule has 0 spiro atoms. The Kier molecular flexibility index (Phi) is 4.50. The van der Waals surface area contributed by atoms with E-state index in [1.807, 2.05) is 32.9 Å². The normalized spacial score (nSPS) is 17.8. The van der Waals surface area contributed by atoms with Crippen molar-refractivity contribution in [3.63, 3.8) is 0 Å². The van der Waals surface area contributed by atoms with Gasteiger partial charge in [0.15, 0.2) is 0 Å². The fourth-order valence-corrected chi connectivity index (χ4v) is 2.51. The number of benzene rings is 1. The molecular weight excluding hydrogens is 270 g/mol. The summed E-state index contributed by atoms with van der Waals surface area (Å²) in [6, 6.07) is 3.05. The predicted octanol–water partition coefficient (Wildman–Crippen LogP) is 2.15. The van der Waals surface area contributed by atoms with Crippen LogP contribution in [-0.4, -0.2) is 29.6 Å². The standard InChI is InChI=1S/C16H21NO4/c1-4-5-13(16(19)20)17-15(18)12-8-21-14-7-10(3)9(2)6-11(12)14/h6-7,12-13H,4-5,8H2,1-3H3,(H,17,18)(H,19,20). The topological polar surface area (TPSA) is 75.6 Å². The molecule has 1 aromatic carbocycles. The minimum absolute atomic E-state index is 0.266. The van der Waals surface area contributed by atoms with Crippen LogP contribution >= 0.6 is 0 Å². The summed E-state index contributed by atoms with van der Waals surface area (Å²) in [5.41, 5.74) is 3.06. The van der Waals surface area contributed by atoms with E-state index in [2.05, 4.69) is 5.32 Å². The van der Waals surface area contributed by atoms with Gasteiger partial charge >= 0.3 is 5.97 Å². The minimum atomic E-state index is -0.996. The van der Waals surface area contributed by atoms with Crippen LogP contribution in [0, 0.1) is 13.8 Å². The fourth-order valence-electron chi connectivity index (χ4n) is 2.51. The lowest BCUT2D eigenvalue weighted by Gasteiger charge is -2.16. The molecule has 5 nitrogen and oxygen atoms in total. The van der Waals surface area contributed by atoms with Crippen LogP contribution in [0.2, 0.25) is 0 Å². The van der Waals surface area contributed by atoms with Gasteiger partial charge in [-0.15, -0.1) is 0 Å². The Morgan fingerprint density at radius 2 is 2.05 bits per heavy atom. The van der Waals surface area contributed by atoms with Gasteiger partial charge in [0, 0.05) is 5.56 Å². The Hall–Kier alpha value is -2.04. The maximum Gasteiger partial charge on any atom is 0.326 e. The summed E-state index contributed by atoms with van der Waals surface area (Å²) < 4.78 is 5.56. The number of carboxylic acid groups (broad SMARTS) is 1. The maximum atomic E-state index is 12.3. The molecule has 2 N–H and O–H groups in total. The molecule has 0 aromatic heterocycles. The number of hydrogen-bond donors (Lipinski definition) is 2. The van der Waals surface area contributed by atoms with Gasteiger partial charge in [0.25, 0.3) is 0 Å². The van der Waals surface area contributed by atoms with Crippen molar-refractivity contribution in [1.29, 1.82) is 0 Å². The second kappa shape index (κ2) is 6.16. The molecule has 1 aliphatic heterocycles. The molecule has 0 bridgehead atoms. The van der Waals surface area contributed by atoms with E-state index < -0.39 is 17.9 Å². The Bertz CT molecular complexity index is 568. The zero-order chi connectivity index (χ0) is 15.6. The molecule has 2 atom stereocenters. The zero-order valence-electron chi connectivity index (χ0n) is 12.6. The average molecular weight is 291 g/mol. The molecule has 114 valence electrons. The van der Waals surface area contributed by atoms with E-state index >= 15 is 0 Å². The Balaban J connectivity index is 2.16. The Morgan fingerprint density at radius 3 is 2.67 bits per heavy atom. The number of carbonyl (C=O) groups is 2. The minimum Gasteiger partial charge on any atom is -0.492 e. The molecule has 2 rings (SSSR count). The number of rotatable bonds is 5. The van der Waals surface area contributed by atoms with Crippen molar-refractivity contribution in [3.8, 4) is 5.75 Å². The lowest BCUT2D eigenvalue weighted by atomic mass is 9.96. The highest BCUT2D eigenvalue weighted by Crippen LogP contribution is 2.36. The number of fused-ring (bicyclic) bond motifs is 1. The van der Waals surface area contributed by atoms with Gasteiger partial charge in [0.2, 0.25) is 5.91 Å². The van der Waals surface area contributed by atoms with Gasteiger partial charge in [-0.3, -0.25) is 4.79 Å². The first kappa shape index (κ1) is 15.4. The number of aliphatic carboxylic acids is 1. The third kappa shape index (κ3) is 3.17. The van der Waals surface area contributed by atoms with E-state index in [9.17, 15) is 9.59 Å². The van der Waals surface area contributed by atoms with Crippen LogP contribution in [0.15, 0.2) is 12.1 Å². The molecule has 0 aliphatic carbocycles. The third-order valence-corrected chi connectivity index (χ3v) is 3.92. The second-order valence-corrected chi connectivity index (χ2v) is 5.53. The molecule has 5 heteroatoms. The monoisotopic (exact) mass is 291 g/mol. The maximum absolute atomic E-state index is 12.3. The van der Waals surface area contributed by atoms with Gasteiger partial charge in [-0.2, -0.15) is 0 Å².